The lowest BCUT2D eigenvalue weighted by atomic mass is 9.86. The highest BCUT2D eigenvalue weighted by Gasteiger charge is 2.33. The molecule has 8 nitrogen and oxygen atoms in total. The van der Waals surface area contributed by atoms with Gasteiger partial charge in [0, 0.05) is 24.0 Å². The predicted molar refractivity (Wildman–Crippen MR) is 278 cm³/mol. The first kappa shape index (κ1) is 43.0. The number of benzene rings is 7. The van der Waals surface area contributed by atoms with Gasteiger partial charge in [0.05, 0.1) is 34.9 Å². The molecule has 2 atom stereocenters. The Morgan fingerprint density at radius 1 is 0.426 bits per heavy atom. The lowest BCUT2D eigenvalue weighted by Crippen LogP contribution is -2.20. The van der Waals surface area contributed by atoms with Crippen molar-refractivity contribution in [1.82, 2.24) is 9.97 Å². The summed E-state index contributed by atoms with van der Waals surface area (Å²) in [6, 6.07) is 56.1. The van der Waals surface area contributed by atoms with E-state index in [-0.39, 0.29) is 22.9 Å². The van der Waals surface area contributed by atoms with Crippen LogP contribution in [0.25, 0.3) is 45.1 Å². The first-order chi connectivity index (χ1) is 32.7. The molecule has 0 bridgehead atoms. The number of hydrogen-bond donors (Lipinski definition) is 0. The van der Waals surface area contributed by atoms with E-state index >= 15 is 0 Å². The van der Waals surface area contributed by atoms with Gasteiger partial charge >= 0.3 is 0 Å². The van der Waals surface area contributed by atoms with Crippen molar-refractivity contribution in [3.05, 3.63) is 202 Å². The zero-order valence-corrected chi connectivity index (χ0v) is 40.1. The quantitative estimate of drug-likeness (QED) is 0.151. The van der Waals surface area contributed by atoms with E-state index in [1.807, 2.05) is 12.1 Å². The van der Waals surface area contributed by atoms with E-state index in [4.69, 9.17) is 29.0 Å². The second-order valence-electron chi connectivity index (χ2n) is 20.6. The van der Waals surface area contributed by atoms with Crippen LogP contribution in [0.4, 0.5) is 11.4 Å². The zero-order chi connectivity index (χ0) is 46.9. The van der Waals surface area contributed by atoms with E-state index in [0.29, 0.717) is 11.8 Å². The highest BCUT2D eigenvalue weighted by molar-refractivity contribution is 6.04. The van der Waals surface area contributed by atoms with Crippen LogP contribution >= 0.6 is 0 Å². The Bertz CT molecular complexity index is 3140. The SMILES string of the molecule is Cc1ccc2oc(-c3ccc(N4N=C(c5ccc(C(C)(C)C)cc5)CC4c4ccc(C5CC(c6ccc(C(C)(C)C)cc6)=NN5c5ccc(-c6nc7cc(C)ccc7o6)cc5)cc4)cc3)nc2c1. The van der Waals surface area contributed by atoms with Crippen LogP contribution in [0, 0.1) is 13.8 Å². The summed E-state index contributed by atoms with van der Waals surface area (Å²) in [4.78, 5) is 9.62. The number of oxazole rings is 2. The van der Waals surface area contributed by atoms with Gasteiger partial charge in [-0.2, -0.15) is 10.2 Å². The van der Waals surface area contributed by atoms with Crippen molar-refractivity contribution in [2.24, 2.45) is 10.2 Å². The number of nitrogens with zero attached hydrogens (tertiary/aromatic N) is 6. The monoisotopic (exact) mass is 892 g/mol. The Hall–Kier alpha value is -7.58. The summed E-state index contributed by atoms with van der Waals surface area (Å²) >= 11 is 0. The van der Waals surface area contributed by atoms with Crippen LogP contribution in [0.3, 0.4) is 0 Å². The first-order valence-corrected chi connectivity index (χ1v) is 23.7. The minimum Gasteiger partial charge on any atom is -0.436 e. The van der Waals surface area contributed by atoms with Gasteiger partial charge in [-0.15, -0.1) is 0 Å². The topological polar surface area (TPSA) is 83.3 Å². The average molecular weight is 893 g/mol. The van der Waals surface area contributed by atoms with Crippen LogP contribution in [-0.4, -0.2) is 21.4 Å². The molecule has 68 heavy (non-hydrogen) atoms. The zero-order valence-electron chi connectivity index (χ0n) is 40.1. The van der Waals surface area contributed by atoms with Gasteiger partial charge in [-0.3, -0.25) is 10.0 Å². The van der Waals surface area contributed by atoms with Crippen molar-refractivity contribution >= 4 is 45.0 Å². The van der Waals surface area contributed by atoms with Gasteiger partial charge in [0.1, 0.15) is 11.0 Å². The smallest absolute Gasteiger partial charge is 0.227 e. The van der Waals surface area contributed by atoms with Crippen LogP contribution in [0.1, 0.15) is 111 Å². The van der Waals surface area contributed by atoms with Crippen molar-refractivity contribution in [1.29, 1.82) is 0 Å². The summed E-state index contributed by atoms with van der Waals surface area (Å²) in [5.41, 5.74) is 19.0. The molecule has 0 aliphatic carbocycles. The van der Waals surface area contributed by atoms with Gasteiger partial charge in [-0.1, -0.05) is 126 Å². The van der Waals surface area contributed by atoms with E-state index in [0.717, 1.165) is 91.2 Å². The molecule has 0 amide bonds. The number of hydrazone groups is 2. The number of aryl methyl sites for hydroxylation is 2. The Morgan fingerprint density at radius 3 is 1.13 bits per heavy atom. The van der Waals surface area contributed by atoms with E-state index in [1.165, 1.54) is 22.3 Å². The van der Waals surface area contributed by atoms with Crippen LogP contribution < -0.4 is 10.0 Å². The van der Waals surface area contributed by atoms with Crippen molar-refractivity contribution in [2.75, 3.05) is 10.0 Å². The summed E-state index contributed by atoms with van der Waals surface area (Å²) in [5, 5.41) is 15.1. The molecule has 0 N–H and O–H groups in total. The van der Waals surface area contributed by atoms with Gasteiger partial charge in [-0.25, -0.2) is 9.97 Å². The molecule has 0 radical (unpaired) electrons. The molecule has 0 saturated heterocycles. The largest absolute Gasteiger partial charge is 0.436 e. The lowest BCUT2D eigenvalue weighted by Gasteiger charge is -2.26. The molecule has 11 rings (SSSR count). The van der Waals surface area contributed by atoms with Gasteiger partial charge in [-0.05, 0) is 142 Å². The average Bonchev–Trinajstić information content (AvgIpc) is 4.16. The van der Waals surface area contributed by atoms with Crippen LogP contribution in [-0.2, 0) is 10.8 Å². The number of aromatic nitrogens is 2. The molecule has 7 aromatic carbocycles. The second-order valence-corrected chi connectivity index (χ2v) is 20.6. The van der Waals surface area contributed by atoms with E-state index in [2.05, 4.69) is 211 Å². The maximum Gasteiger partial charge on any atom is 0.227 e. The molecule has 2 aliphatic rings. The fourth-order valence-corrected chi connectivity index (χ4v) is 9.47. The van der Waals surface area contributed by atoms with Gasteiger partial charge < -0.3 is 8.83 Å². The molecule has 0 spiro atoms. The number of anilines is 2. The summed E-state index contributed by atoms with van der Waals surface area (Å²) in [7, 11) is 0. The van der Waals surface area contributed by atoms with E-state index in [9.17, 15) is 0 Å². The third-order valence-electron chi connectivity index (χ3n) is 13.5. The van der Waals surface area contributed by atoms with E-state index in [1.54, 1.807) is 0 Å². The Morgan fingerprint density at radius 2 is 0.779 bits per heavy atom. The van der Waals surface area contributed by atoms with Gasteiger partial charge in [0.2, 0.25) is 11.8 Å². The summed E-state index contributed by atoms with van der Waals surface area (Å²) in [5.74, 6) is 1.22. The standard InChI is InChI=1S/C60H56N6O2/c1-37-9-31-55-51(33-37)61-57(67-55)43-19-27-47(28-20-43)65-53(35-49(63-65)39-15-23-45(24-16-39)59(3,4)5)41-11-13-42(14-12-41)54-36-50(40-17-25-46(26-18-40)60(6,7)8)64-66(54)48-29-21-44(22-30-48)58-62-52-34-38(2)10-32-56(52)68-58/h9-34,53-54H,35-36H2,1-8H3. The van der Waals surface area contributed by atoms with Crippen molar-refractivity contribution in [3.8, 4) is 22.9 Å². The maximum atomic E-state index is 6.18. The molecule has 2 aliphatic heterocycles. The molecular formula is C60H56N6O2. The highest BCUT2D eigenvalue weighted by atomic mass is 16.4. The Balaban J connectivity index is 0.912. The molecule has 9 aromatic rings. The molecule has 2 unspecified atom stereocenters. The van der Waals surface area contributed by atoms with Crippen molar-refractivity contribution < 1.29 is 8.83 Å². The molecular weight excluding hydrogens is 837 g/mol. The van der Waals surface area contributed by atoms with Crippen LogP contribution in [0.2, 0.25) is 0 Å². The van der Waals surface area contributed by atoms with Crippen molar-refractivity contribution in [3.63, 3.8) is 0 Å². The summed E-state index contributed by atoms with van der Waals surface area (Å²) in [6.45, 7) is 17.7. The lowest BCUT2D eigenvalue weighted by molar-refractivity contribution is 0.590. The minimum atomic E-state index is -0.0179. The molecule has 2 aromatic heterocycles. The predicted octanol–water partition coefficient (Wildman–Crippen LogP) is 15.2. The molecule has 338 valence electrons. The normalized spacial score (nSPS) is 16.5. The third kappa shape index (κ3) is 8.29. The van der Waals surface area contributed by atoms with Crippen LogP contribution in [0.15, 0.2) is 177 Å². The Labute approximate surface area is 398 Å². The van der Waals surface area contributed by atoms with Crippen molar-refractivity contribution in [2.45, 2.75) is 91.1 Å². The Kier molecular flexibility index (Phi) is 10.5. The minimum absolute atomic E-state index is 0.0179. The first-order valence-electron chi connectivity index (χ1n) is 23.7. The molecule has 0 saturated carbocycles. The van der Waals surface area contributed by atoms with Crippen LogP contribution in [0.5, 0.6) is 0 Å². The van der Waals surface area contributed by atoms with Gasteiger partial charge in [0.25, 0.3) is 0 Å². The summed E-state index contributed by atoms with van der Waals surface area (Å²) < 4.78 is 12.4. The third-order valence-corrected chi connectivity index (χ3v) is 13.5. The molecule has 4 heterocycles. The number of fused-ring (bicyclic) bond motifs is 2. The maximum absolute atomic E-state index is 6.18. The van der Waals surface area contributed by atoms with E-state index < -0.39 is 0 Å². The number of rotatable bonds is 8. The fraction of sp³-hybridized carbons (Fsp3) is 0.233. The number of hydrogen-bond acceptors (Lipinski definition) is 8. The summed E-state index contributed by atoms with van der Waals surface area (Å²) in [6.07, 6.45) is 1.53. The fourth-order valence-electron chi connectivity index (χ4n) is 9.47. The van der Waals surface area contributed by atoms with Gasteiger partial charge in [0.15, 0.2) is 11.2 Å². The molecule has 0 fully saturated rings. The molecule has 8 heteroatoms. The second kappa shape index (κ2) is 16.6. The highest BCUT2D eigenvalue weighted by Crippen LogP contribution is 2.42.